The van der Waals surface area contributed by atoms with Gasteiger partial charge in [0, 0.05) is 12.5 Å². The van der Waals surface area contributed by atoms with Crippen molar-refractivity contribution in [2.45, 2.75) is 51.5 Å². The van der Waals surface area contributed by atoms with E-state index in [4.69, 9.17) is 4.74 Å². The minimum absolute atomic E-state index is 0.0548. The molecule has 186 valence electrons. The highest BCUT2D eigenvalue weighted by atomic mass is 16.5. The van der Waals surface area contributed by atoms with Crippen LogP contribution in [-0.4, -0.2) is 42.3 Å². The molecular formula is C28H34N2O5. The van der Waals surface area contributed by atoms with Gasteiger partial charge in [-0.25, -0.2) is 4.79 Å². The summed E-state index contributed by atoms with van der Waals surface area (Å²) in [5.41, 5.74) is 4.56. The number of hydrogen-bond donors (Lipinski definition) is 3. The molecule has 1 saturated carbocycles. The first-order chi connectivity index (χ1) is 16.8. The van der Waals surface area contributed by atoms with E-state index in [1.165, 1.54) is 0 Å². The van der Waals surface area contributed by atoms with Crippen molar-refractivity contribution in [2.24, 2.45) is 17.8 Å². The molecule has 0 radical (unpaired) electrons. The summed E-state index contributed by atoms with van der Waals surface area (Å²) in [6, 6.07) is 15.5. The Bertz CT molecular complexity index is 1040. The number of carbonyl (C=O) groups excluding carboxylic acids is 2. The molecule has 2 aliphatic rings. The van der Waals surface area contributed by atoms with Crippen LogP contribution >= 0.6 is 0 Å². The number of alkyl carbamates (subject to hydrolysis) is 1. The first-order valence-electron chi connectivity index (χ1n) is 12.5. The van der Waals surface area contributed by atoms with Gasteiger partial charge in [0.15, 0.2) is 0 Å². The number of aliphatic carboxylic acids is 1. The van der Waals surface area contributed by atoms with Gasteiger partial charge in [0.2, 0.25) is 5.91 Å². The number of benzene rings is 2. The molecule has 0 aliphatic heterocycles. The quantitative estimate of drug-likeness (QED) is 0.490. The van der Waals surface area contributed by atoms with Gasteiger partial charge in [-0.05, 0) is 53.4 Å². The highest BCUT2D eigenvalue weighted by Crippen LogP contribution is 2.44. The maximum atomic E-state index is 12.9. The Balaban J connectivity index is 1.36. The van der Waals surface area contributed by atoms with Gasteiger partial charge in [-0.3, -0.25) is 9.59 Å². The summed E-state index contributed by atoms with van der Waals surface area (Å²) in [5, 5.41) is 15.0. The van der Waals surface area contributed by atoms with E-state index >= 15 is 0 Å². The van der Waals surface area contributed by atoms with Crippen LogP contribution in [0.2, 0.25) is 0 Å². The fourth-order valence-electron chi connectivity index (χ4n) is 5.45. The van der Waals surface area contributed by atoms with Crippen molar-refractivity contribution in [3.63, 3.8) is 0 Å². The van der Waals surface area contributed by atoms with Gasteiger partial charge in [-0.2, -0.15) is 0 Å². The van der Waals surface area contributed by atoms with E-state index in [0.29, 0.717) is 19.4 Å². The Kier molecular flexibility index (Phi) is 7.73. The number of carbonyl (C=O) groups is 3. The van der Waals surface area contributed by atoms with Crippen LogP contribution in [0.1, 0.15) is 56.6 Å². The SMILES string of the molecule is CC(C)C[C@H](NC(=O)OCC1c2ccccc2-c2ccccc21)C(=O)NCC1CCCC1C(=O)O. The second-order valence-electron chi connectivity index (χ2n) is 10.0. The molecule has 7 heteroatoms. The van der Waals surface area contributed by atoms with E-state index in [9.17, 15) is 19.5 Å². The van der Waals surface area contributed by atoms with Crippen LogP contribution in [-0.2, 0) is 14.3 Å². The summed E-state index contributed by atoms with van der Waals surface area (Å²) in [5.74, 6) is -1.49. The van der Waals surface area contributed by atoms with Crippen LogP contribution in [0.3, 0.4) is 0 Å². The monoisotopic (exact) mass is 478 g/mol. The number of nitrogens with one attached hydrogen (secondary N) is 2. The van der Waals surface area contributed by atoms with Crippen molar-refractivity contribution in [2.75, 3.05) is 13.2 Å². The van der Waals surface area contributed by atoms with Crippen molar-refractivity contribution in [3.05, 3.63) is 59.7 Å². The summed E-state index contributed by atoms with van der Waals surface area (Å²) in [6.45, 7) is 4.45. The van der Waals surface area contributed by atoms with Crippen LogP contribution in [0, 0.1) is 17.8 Å². The van der Waals surface area contributed by atoms with E-state index < -0.39 is 24.0 Å². The third-order valence-electron chi connectivity index (χ3n) is 7.17. The van der Waals surface area contributed by atoms with Crippen molar-refractivity contribution in [1.29, 1.82) is 0 Å². The predicted molar refractivity (Wildman–Crippen MR) is 133 cm³/mol. The van der Waals surface area contributed by atoms with Gasteiger partial charge in [-0.15, -0.1) is 0 Å². The Morgan fingerprint density at radius 2 is 1.63 bits per heavy atom. The topological polar surface area (TPSA) is 105 Å². The number of ether oxygens (including phenoxy) is 1. The summed E-state index contributed by atoms with van der Waals surface area (Å²) in [7, 11) is 0. The number of amides is 2. The molecule has 0 aromatic heterocycles. The smallest absolute Gasteiger partial charge is 0.407 e. The zero-order valence-electron chi connectivity index (χ0n) is 20.3. The Labute approximate surface area is 206 Å². The largest absolute Gasteiger partial charge is 0.481 e. The molecule has 0 saturated heterocycles. The van der Waals surface area contributed by atoms with Gasteiger partial charge in [0.25, 0.3) is 0 Å². The third-order valence-corrected chi connectivity index (χ3v) is 7.17. The molecule has 0 bridgehead atoms. The molecule has 1 fully saturated rings. The van der Waals surface area contributed by atoms with E-state index in [1.54, 1.807) is 0 Å². The first-order valence-corrected chi connectivity index (χ1v) is 12.5. The number of rotatable bonds is 9. The van der Waals surface area contributed by atoms with Gasteiger partial charge >= 0.3 is 12.1 Å². The van der Waals surface area contributed by atoms with Crippen molar-refractivity contribution in [1.82, 2.24) is 10.6 Å². The van der Waals surface area contributed by atoms with Crippen LogP contribution in [0.5, 0.6) is 0 Å². The second-order valence-corrected chi connectivity index (χ2v) is 10.0. The summed E-state index contributed by atoms with van der Waals surface area (Å²) in [4.78, 5) is 37.1. The molecule has 7 nitrogen and oxygen atoms in total. The minimum Gasteiger partial charge on any atom is -0.481 e. The van der Waals surface area contributed by atoms with E-state index in [2.05, 4.69) is 34.9 Å². The molecule has 2 aromatic carbocycles. The molecule has 2 unspecified atom stereocenters. The lowest BCUT2D eigenvalue weighted by Crippen LogP contribution is -2.49. The van der Waals surface area contributed by atoms with Gasteiger partial charge in [0.1, 0.15) is 12.6 Å². The second kappa shape index (κ2) is 10.9. The summed E-state index contributed by atoms with van der Waals surface area (Å²) in [6.07, 6.45) is 2.11. The normalized spacial score (nSPS) is 19.6. The molecule has 2 aliphatic carbocycles. The summed E-state index contributed by atoms with van der Waals surface area (Å²) >= 11 is 0. The average molecular weight is 479 g/mol. The lowest BCUT2D eigenvalue weighted by molar-refractivity contribution is -0.143. The van der Waals surface area contributed by atoms with Gasteiger partial charge < -0.3 is 20.5 Å². The van der Waals surface area contributed by atoms with Crippen molar-refractivity contribution >= 4 is 18.0 Å². The van der Waals surface area contributed by atoms with E-state index in [-0.39, 0.29) is 30.3 Å². The maximum Gasteiger partial charge on any atom is 0.407 e. The maximum absolute atomic E-state index is 12.9. The van der Waals surface area contributed by atoms with Gasteiger partial charge in [0.05, 0.1) is 5.92 Å². The van der Waals surface area contributed by atoms with Gasteiger partial charge in [-0.1, -0.05) is 68.8 Å². The third kappa shape index (κ3) is 5.66. The van der Waals surface area contributed by atoms with Crippen LogP contribution in [0.4, 0.5) is 4.79 Å². The van der Waals surface area contributed by atoms with E-state index in [0.717, 1.165) is 35.1 Å². The molecule has 2 aromatic rings. The molecular weight excluding hydrogens is 444 g/mol. The fourth-order valence-corrected chi connectivity index (χ4v) is 5.45. The molecule has 0 heterocycles. The van der Waals surface area contributed by atoms with Crippen LogP contribution in [0.15, 0.2) is 48.5 Å². The molecule has 4 rings (SSSR count). The van der Waals surface area contributed by atoms with Crippen LogP contribution in [0.25, 0.3) is 11.1 Å². The highest BCUT2D eigenvalue weighted by Gasteiger charge is 2.34. The average Bonchev–Trinajstić information content (AvgIpc) is 3.43. The Hall–Kier alpha value is -3.35. The zero-order valence-corrected chi connectivity index (χ0v) is 20.3. The lowest BCUT2D eigenvalue weighted by Gasteiger charge is -2.23. The van der Waals surface area contributed by atoms with E-state index in [1.807, 2.05) is 38.1 Å². The molecule has 2 amide bonds. The summed E-state index contributed by atoms with van der Waals surface area (Å²) < 4.78 is 5.62. The zero-order chi connectivity index (χ0) is 24.9. The van der Waals surface area contributed by atoms with Crippen LogP contribution < -0.4 is 10.6 Å². The number of hydrogen-bond acceptors (Lipinski definition) is 4. The first kappa shape index (κ1) is 24.8. The number of fused-ring (bicyclic) bond motifs is 3. The lowest BCUT2D eigenvalue weighted by atomic mass is 9.96. The standard InChI is InChI=1S/C28H34N2O5/c1-17(2)14-25(26(31)29-15-18-8-7-13-19(18)27(32)33)30-28(34)35-16-24-22-11-5-3-9-20(22)21-10-4-6-12-23(21)24/h3-6,9-12,17-19,24-25H,7-8,13-16H2,1-2H3,(H,29,31)(H,30,34)(H,32,33)/t18?,19?,25-/m0/s1. The Morgan fingerprint density at radius 1 is 1.00 bits per heavy atom. The van der Waals surface area contributed by atoms with Crippen molar-refractivity contribution in [3.8, 4) is 11.1 Å². The van der Waals surface area contributed by atoms with Crippen molar-refractivity contribution < 1.29 is 24.2 Å². The highest BCUT2D eigenvalue weighted by molar-refractivity contribution is 5.86. The molecule has 0 spiro atoms. The fraction of sp³-hybridized carbons (Fsp3) is 0.464. The number of carboxylic acids is 1. The molecule has 3 N–H and O–H groups in total. The minimum atomic E-state index is -0.808. The Morgan fingerprint density at radius 3 is 2.23 bits per heavy atom. The molecule has 3 atom stereocenters. The molecule has 35 heavy (non-hydrogen) atoms. The number of carboxylic acid groups (broad SMARTS) is 1. The predicted octanol–water partition coefficient (Wildman–Crippen LogP) is 4.56.